The van der Waals surface area contributed by atoms with Crippen LogP contribution in [0.2, 0.25) is 0 Å². The number of H-pyrrole nitrogens is 1. The Morgan fingerprint density at radius 3 is 2.49 bits per heavy atom. The van der Waals surface area contributed by atoms with Gasteiger partial charge in [-0.05, 0) is 43.9 Å². The Kier molecular flexibility index (Phi) is 4.99. The van der Waals surface area contributed by atoms with Crippen LogP contribution in [0, 0.1) is 5.41 Å². The molecule has 4 aliphatic rings. The maximum atomic E-state index is 12.9. The molecular formula is C22H25F3N6O3S. The molecule has 2 aliphatic carbocycles. The summed E-state index contributed by atoms with van der Waals surface area (Å²) in [6, 6.07) is 2.95. The molecule has 188 valence electrons. The summed E-state index contributed by atoms with van der Waals surface area (Å²) in [7, 11) is -4.13. The Morgan fingerprint density at radius 1 is 1.11 bits per heavy atom. The average Bonchev–Trinajstić information content (AvgIpc) is 3.45. The summed E-state index contributed by atoms with van der Waals surface area (Å²) in [5.41, 5.74) is -0.905. The lowest BCUT2D eigenvalue weighted by molar-refractivity contribution is -0.137. The van der Waals surface area contributed by atoms with Crippen LogP contribution in [0.3, 0.4) is 0 Å². The maximum Gasteiger partial charge on any atom is 0.416 e. The summed E-state index contributed by atoms with van der Waals surface area (Å²) in [5, 5.41) is 7.41. The molecule has 1 aromatic carbocycles. The van der Waals surface area contributed by atoms with E-state index in [9.17, 15) is 26.4 Å². The minimum atomic E-state index is -4.63. The standard InChI is InChI=1S/C22H25F3N6O3S/c23-22(24,25)15-2-1-3-17(6-15)35(33,34)29-16-9-30(10-16)20(32)31-11-21(12-31)7-14(8-21)19-26-18(27-28-19)13-4-5-13/h1-3,6,13-14,16,29H,4-5,7-12H2,(H,26,27,28). The van der Waals surface area contributed by atoms with E-state index in [1.54, 1.807) is 9.80 Å². The number of aromatic amines is 1. The van der Waals surface area contributed by atoms with Gasteiger partial charge in [-0.25, -0.2) is 22.9 Å². The number of halogens is 3. The predicted molar refractivity (Wildman–Crippen MR) is 117 cm³/mol. The largest absolute Gasteiger partial charge is 0.416 e. The Balaban J connectivity index is 0.969. The number of nitrogens with one attached hydrogen (secondary N) is 2. The Bertz CT molecular complexity index is 1260. The van der Waals surface area contributed by atoms with Crippen molar-refractivity contribution in [2.24, 2.45) is 5.41 Å². The smallest absolute Gasteiger partial charge is 0.323 e. The third-order valence-corrected chi connectivity index (χ3v) is 8.99. The number of alkyl halides is 3. The van der Waals surface area contributed by atoms with E-state index >= 15 is 0 Å². The Labute approximate surface area is 200 Å². The average molecular weight is 511 g/mol. The van der Waals surface area contributed by atoms with E-state index in [0.29, 0.717) is 31.0 Å². The molecule has 35 heavy (non-hydrogen) atoms. The van der Waals surface area contributed by atoms with Gasteiger partial charge in [-0.1, -0.05) is 6.07 Å². The summed E-state index contributed by atoms with van der Waals surface area (Å²) < 4.78 is 66.1. The molecule has 2 aliphatic heterocycles. The van der Waals surface area contributed by atoms with Crippen LogP contribution in [0.5, 0.6) is 0 Å². The molecule has 13 heteroatoms. The van der Waals surface area contributed by atoms with Crippen molar-refractivity contribution in [2.45, 2.75) is 54.6 Å². The minimum absolute atomic E-state index is 0.121. The zero-order valence-electron chi connectivity index (χ0n) is 18.8. The summed E-state index contributed by atoms with van der Waals surface area (Å²) in [6.45, 7) is 1.70. The second-order valence-corrected chi connectivity index (χ2v) is 12.1. The number of hydrogen-bond donors (Lipinski definition) is 2. The van der Waals surface area contributed by atoms with Crippen LogP contribution in [-0.2, 0) is 16.2 Å². The van der Waals surface area contributed by atoms with E-state index in [1.807, 2.05) is 0 Å². The number of aromatic nitrogens is 3. The highest BCUT2D eigenvalue weighted by atomic mass is 32.2. The minimum Gasteiger partial charge on any atom is -0.323 e. The van der Waals surface area contributed by atoms with Gasteiger partial charge in [0.15, 0.2) is 5.82 Å². The van der Waals surface area contributed by atoms with Crippen molar-refractivity contribution in [3.63, 3.8) is 0 Å². The highest BCUT2D eigenvalue weighted by Crippen LogP contribution is 2.55. The van der Waals surface area contributed by atoms with Crippen LogP contribution < -0.4 is 4.72 Å². The predicted octanol–water partition coefficient (Wildman–Crippen LogP) is 2.66. The molecule has 6 rings (SSSR count). The number of carbonyl (C=O) groups is 1. The lowest BCUT2D eigenvalue weighted by atomic mass is 9.57. The zero-order valence-corrected chi connectivity index (χ0v) is 19.6. The van der Waals surface area contributed by atoms with E-state index in [4.69, 9.17) is 0 Å². The van der Waals surface area contributed by atoms with Crippen molar-refractivity contribution >= 4 is 16.1 Å². The van der Waals surface area contributed by atoms with Gasteiger partial charge in [0, 0.05) is 43.4 Å². The first kappa shape index (κ1) is 22.8. The molecule has 2 amide bonds. The number of amides is 2. The monoisotopic (exact) mass is 510 g/mol. The van der Waals surface area contributed by atoms with Gasteiger partial charge in [-0.3, -0.25) is 5.10 Å². The SMILES string of the molecule is O=C(N1CC(NS(=O)(=O)c2cccc(C(F)(F)F)c2)C1)N1CC2(CC(c3n[nH]c(C4CC4)n3)C2)C1. The number of rotatable bonds is 5. The number of likely N-dealkylation sites (tertiary alicyclic amines) is 2. The molecule has 2 aromatic rings. The third kappa shape index (κ3) is 4.18. The lowest BCUT2D eigenvalue weighted by Gasteiger charge is -2.59. The van der Waals surface area contributed by atoms with Gasteiger partial charge in [-0.15, -0.1) is 0 Å². The van der Waals surface area contributed by atoms with Crippen molar-refractivity contribution in [2.75, 3.05) is 26.2 Å². The van der Waals surface area contributed by atoms with Crippen LogP contribution in [0.1, 0.15) is 54.7 Å². The van der Waals surface area contributed by atoms with Crippen LogP contribution in [-0.4, -0.2) is 71.7 Å². The molecule has 3 heterocycles. The van der Waals surface area contributed by atoms with Crippen molar-refractivity contribution in [1.29, 1.82) is 0 Å². The summed E-state index contributed by atoms with van der Waals surface area (Å²) >= 11 is 0. The summed E-state index contributed by atoms with van der Waals surface area (Å²) in [6.07, 6.45) is -0.376. The Morgan fingerprint density at radius 2 is 1.83 bits per heavy atom. The Hall–Kier alpha value is -2.67. The molecule has 4 fully saturated rings. The number of nitrogens with zero attached hydrogens (tertiary/aromatic N) is 4. The van der Waals surface area contributed by atoms with Gasteiger partial charge in [0.05, 0.1) is 16.5 Å². The zero-order chi connectivity index (χ0) is 24.6. The molecular weight excluding hydrogens is 485 g/mol. The lowest BCUT2D eigenvalue weighted by Crippen LogP contribution is -2.69. The second kappa shape index (κ2) is 7.66. The van der Waals surface area contributed by atoms with Crippen molar-refractivity contribution in [1.82, 2.24) is 29.7 Å². The summed E-state index contributed by atoms with van der Waals surface area (Å²) in [5.74, 6) is 2.73. The van der Waals surface area contributed by atoms with Crippen molar-refractivity contribution < 1.29 is 26.4 Å². The van der Waals surface area contributed by atoms with Crippen LogP contribution >= 0.6 is 0 Å². The molecule has 2 saturated heterocycles. The van der Waals surface area contributed by atoms with Crippen molar-refractivity contribution in [3.05, 3.63) is 41.5 Å². The topological polar surface area (TPSA) is 111 Å². The van der Waals surface area contributed by atoms with E-state index < -0.39 is 32.7 Å². The number of hydrogen-bond acceptors (Lipinski definition) is 5. The fourth-order valence-electron chi connectivity index (χ4n) is 5.37. The quantitative estimate of drug-likeness (QED) is 0.643. The summed E-state index contributed by atoms with van der Waals surface area (Å²) in [4.78, 5) is 20.2. The van der Waals surface area contributed by atoms with E-state index in [1.165, 1.54) is 12.8 Å². The van der Waals surface area contributed by atoms with E-state index in [0.717, 1.165) is 42.7 Å². The highest BCUT2D eigenvalue weighted by molar-refractivity contribution is 7.89. The molecule has 0 radical (unpaired) electrons. The van der Waals surface area contributed by atoms with Gasteiger partial charge in [0.25, 0.3) is 0 Å². The van der Waals surface area contributed by atoms with Gasteiger partial charge in [0.2, 0.25) is 10.0 Å². The molecule has 1 spiro atoms. The van der Waals surface area contributed by atoms with Gasteiger partial charge in [-0.2, -0.15) is 18.3 Å². The molecule has 2 saturated carbocycles. The first-order chi connectivity index (χ1) is 16.5. The third-order valence-electron chi connectivity index (χ3n) is 7.48. The fourth-order valence-corrected chi connectivity index (χ4v) is 6.64. The fraction of sp³-hybridized carbons (Fsp3) is 0.591. The second-order valence-electron chi connectivity index (χ2n) is 10.3. The molecule has 0 unspecified atom stereocenters. The number of urea groups is 1. The number of sulfonamides is 1. The molecule has 1 aromatic heterocycles. The van der Waals surface area contributed by atoms with Crippen LogP contribution in [0.25, 0.3) is 0 Å². The van der Waals surface area contributed by atoms with E-state index in [2.05, 4.69) is 19.9 Å². The molecule has 0 atom stereocenters. The first-order valence-electron chi connectivity index (χ1n) is 11.7. The molecule has 0 bridgehead atoms. The van der Waals surface area contributed by atoms with Crippen LogP contribution in [0.15, 0.2) is 29.2 Å². The molecule has 9 nitrogen and oxygen atoms in total. The van der Waals surface area contributed by atoms with Crippen molar-refractivity contribution in [3.8, 4) is 0 Å². The number of benzene rings is 1. The highest BCUT2D eigenvalue weighted by Gasteiger charge is 2.56. The number of carbonyl (C=O) groups excluding carboxylic acids is 1. The van der Waals surface area contributed by atoms with Gasteiger partial charge >= 0.3 is 12.2 Å². The van der Waals surface area contributed by atoms with E-state index in [-0.39, 0.29) is 24.5 Å². The van der Waals surface area contributed by atoms with Gasteiger partial charge in [0.1, 0.15) is 5.82 Å². The molecule has 2 N–H and O–H groups in total. The first-order valence-corrected chi connectivity index (χ1v) is 13.2. The maximum absolute atomic E-state index is 12.9. The normalized spacial score (nSPS) is 22.6. The van der Waals surface area contributed by atoms with Crippen LogP contribution in [0.4, 0.5) is 18.0 Å². The van der Waals surface area contributed by atoms with Gasteiger partial charge < -0.3 is 9.80 Å².